The third-order valence-corrected chi connectivity index (χ3v) is 5.55. The number of hydrogen-bond donors (Lipinski definition) is 1. The van der Waals surface area contributed by atoms with Gasteiger partial charge in [0.1, 0.15) is 6.54 Å². The van der Waals surface area contributed by atoms with Gasteiger partial charge in [-0.05, 0) is 30.2 Å². The minimum absolute atomic E-state index is 0.400. The van der Waals surface area contributed by atoms with Crippen molar-refractivity contribution in [2.45, 2.75) is 13.3 Å². The Morgan fingerprint density at radius 3 is 2.23 bits per heavy atom. The number of hydrazone groups is 1. The zero-order valence-corrected chi connectivity index (χ0v) is 19.0. The van der Waals surface area contributed by atoms with Gasteiger partial charge in [-0.25, -0.2) is 13.8 Å². The van der Waals surface area contributed by atoms with E-state index < -0.39 is 22.5 Å². The molecule has 2 rings (SSSR count). The van der Waals surface area contributed by atoms with E-state index in [1.54, 1.807) is 24.3 Å². The molecule has 0 spiro atoms. The van der Waals surface area contributed by atoms with Gasteiger partial charge >= 0.3 is 0 Å². The van der Waals surface area contributed by atoms with Crippen LogP contribution in [0.5, 0.6) is 17.2 Å². The lowest BCUT2D eigenvalue weighted by molar-refractivity contribution is -0.119. The van der Waals surface area contributed by atoms with E-state index in [-0.39, 0.29) is 0 Å². The van der Waals surface area contributed by atoms with Crippen molar-refractivity contribution in [3.05, 3.63) is 47.5 Å². The van der Waals surface area contributed by atoms with Crippen LogP contribution in [0.3, 0.4) is 0 Å². The first-order chi connectivity index (χ1) is 14.7. The van der Waals surface area contributed by atoms with Gasteiger partial charge in [-0.15, -0.1) is 0 Å². The van der Waals surface area contributed by atoms with E-state index in [4.69, 9.17) is 14.2 Å². The van der Waals surface area contributed by atoms with Crippen LogP contribution in [0.1, 0.15) is 18.1 Å². The predicted molar refractivity (Wildman–Crippen MR) is 120 cm³/mol. The van der Waals surface area contributed by atoms with Crippen molar-refractivity contribution < 1.29 is 27.4 Å². The van der Waals surface area contributed by atoms with Gasteiger partial charge in [0, 0.05) is 5.56 Å². The highest BCUT2D eigenvalue weighted by Gasteiger charge is 2.22. The largest absolute Gasteiger partial charge is 0.493 e. The van der Waals surface area contributed by atoms with Crippen molar-refractivity contribution in [2.75, 3.05) is 38.4 Å². The fourth-order valence-corrected chi connectivity index (χ4v) is 3.84. The minimum Gasteiger partial charge on any atom is -0.493 e. The predicted octanol–water partition coefficient (Wildman–Crippen LogP) is 2.19. The summed E-state index contributed by atoms with van der Waals surface area (Å²) in [5.74, 6) is 0.729. The molecule has 0 aliphatic rings. The summed E-state index contributed by atoms with van der Waals surface area (Å²) in [7, 11) is 0.812. The Morgan fingerprint density at radius 2 is 1.71 bits per heavy atom. The highest BCUT2D eigenvalue weighted by molar-refractivity contribution is 7.92. The van der Waals surface area contributed by atoms with Gasteiger partial charge in [-0.3, -0.25) is 9.10 Å². The molecule has 0 aliphatic carbocycles. The smallest absolute Gasteiger partial charge is 0.260 e. The number of methoxy groups -OCH3 is 3. The number of ether oxygens (including phenoxy) is 3. The molecule has 0 heterocycles. The molecule has 168 valence electrons. The SMILES string of the molecule is CCc1ccccc1N(CC(=O)N/N=C\c1cc(OC)c(OC)c(OC)c1)S(C)(=O)=O. The summed E-state index contributed by atoms with van der Waals surface area (Å²) in [5.41, 5.74) is 4.23. The van der Waals surface area contributed by atoms with Crippen LogP contribution in [0.25, 0.3) is 0 Å². The number of para-hydroxylation sites is 1. The molecule has 9 nitrogen and oxygen atoms in total. The summed E-state index contributed by atoms with van der Waals surface area (Å²) in [6.45, 7) is 1.52. The molecule has 0 aliphatic heterocycles. The average molecular weight is 450 g/mol. The quantitative estimate of drug-likeness (QED) is 0.440. The second-order valence-corrected chi connectivity index (χ2v) is 8.41. The Labute approximate surface area is 182 Å². The molecule has 0 aromatic heterocycles. The Hall–Kier alpha value is -3.27. The molecule has 0 unspecified atom stereocenters. The maximum absolute atomic E-state index is 12.4. The molecule has 2 aromatic rings. The van der Waals surface area contributed by atoms with E-state index in [0.717, 1.165) is 16.1 Å². The topological polar surface area (TPSA) is 107 Å². The number of anilines is 1. The first kappa shape index (κ1) is 24.0. The maximum atomic E-state index is 12.4. The summed E-state index contributed by atoms with van der Waals surface area (Å²) >= 11 is 0. The highest BCUT2D eigenvalue weighted by Crippen LogP contribution is 2.37. The van der Waals surface area contributed by atoms with Crippen LogP contribution in [0.2, 0.25) is 0 Å². The zero-order chi connectivity index (χ0) is 23.0. The summed E-state index contributed by atoms with van der Waals surface area (Å²) in [6.07, 6.45) is 3.09. The van der Waals surface area contributed by atoms with Crippen LogP contribution in [0.15, 0.2) is 41.5 Å². The molecule has 1 N–H and O–H groups in total. The molecule has 0 saturated heterocycles. The molecule has 0 bridgehead atoms. The summed E-state index contributed by atoms with van der Waals surface area (Å²) in [4.78, 5) is 12.4. The number of aryl methyl sites for hydroxylation is 1. The number of hydrogen-bond acceptors (Lipinski definition) is 7. The van der Waals surface area contributed by atoms with Crippen LogP contribution < -0.4 is 23.9 Å². The van der Waals surface area contributed by atoms with E-state index in [9.17, 15) is 13.2 Å². The second kappa shape index (κ2) is 10.7. The molecule has 0 atom stereocenters. The van der Waals surface area contributed by atoms with Gasteiger partial charge in [-0.1, -0.05) is 25.1 Å². The Kier molecular flexibility index (Phi) is 8.26. The lowest BCUT2D eigenvalue weighted by Gasteiger charge is -2.23. The Bertz CT molecular complexity index is 1030. The van der Waals surface area contributed by atoms with Gasteiger partial charge < -0.3 is 14.2 Å². The highest BCUT2D eigenvalue weighted by atomic mass is 32.2. The Morgan fingerprint density at radius 1 is 1.10 bits per heavy atom. The average Bonchev–Trinajstić information content (AvgIpc) is 2.75. The molecular weight excluding hydrogens is 422 g/mol. The lowest BCUT2D eigenvalue weighted by Crippen LogP contribution is -2.39. The molecule has 31 heavy (non-hydrogen) atoms. The standard InChI is InChI=1S/C21H27N3O6S/c1-6-16-9-7-8-10-17(16)24(31(5,26)27)14-20(25)23-22-13-15-11-18(28-2)21(30-4)19(12-15)29-3/h7-13H,6,14H2,1-5H3,(H,23,25)/b22-13-. The van der Waals surface area contributed by atoms with Crippen LogP contribution in [-0.4, -0.2) is 54.7 Å². The van der Waals surface area contributed by atoms with Crippen molar-refractivity contribution in [3.8, 4) is 17.2 Å². The van der Waals surface area contributed by atoms with Crippen LogP contribution >= 0.6 is 0 Å². The van der Waals surface area contributed by atoms with Crippen molar-refractivity contribution in [2.24, 2.45) is 5.10 Å². The van der Waals surface area contributed by atoms with E-state index in [0.29, 0.717) is 34.9 Å². The fourth-order valence-electron chi connectivity index (χ4n) is 2.95. The van der Waals surface area contributed by atoms with E-state index in [1.807, 2.05) is 19.1 Å². The van der Waals surface area contributed by atoms with Gasteiger partial charge in [-0.2, -0.15) is 5.10 Å². The molecule has 0 saturated carbocycles. The summed E-state index contributed by atoms with van der Waals surface area (Å²) < 4.78 is 41.5. The first-order valence-electron chi connectivity index (χ1n) is 9.42. The van der Waals surface area contributed by atoms with Crippen LogP contribution in [-0.2, 0) is 21.2 Å². The van der Waals surface area contributed by atoms with Crippen LogP contribution in [0, 0.1) is 0 Å². The normalized spacial score (nSPS) is 11.3. The molecule has 1 amide bonds. The molecule has 0 fully saturated rings. The Balaban J connectivity index is 2.18. The van der Waals surface area contributed by atoms with E-state index in [2.05, 4.69) is 10.5 Å². The second-order valence-electron chi connectivity index (χ2n) is 6.50. The minimum atomic E-state index is -3.67. The third kappa shape index (κ3) is 6.11. The summed E-state index contributed by atoms with van der Waals surface area (Å²) in [5, 5.41) is 3.92. The fraction of sp³-hybridized carbons (Fsp3) is 0.333. The van der Waals surface area contributed by atoms with Gasteiger partial charge in [0.05, 0.1) is 39.5 Å². The lowest BCUT2D eigenvalue weighted by atomic mass is 10.1. The first-order valence-corrected chi connectivity index (χ1v) is 11.3. The van der Waals surface area contributed by atoms with Crippen LogP contribution in [0.4, 0.5) is 5.69 Å². The molecule has 10 heteroatoms. The van der Waals surface area contributed by atoms with Crippen molar-refractivity contribution >= 4 is 27.8 Å². The molecule has 0 radical (unpaired) electrons. The number of sulfonamides is 1. The monoisotopic (exact) mass is 449 g/mol. The number of carbonyl (C=O) groups excluding carboxylic acids is 1. The number of nitrogens with one attached hydrogen (secondary N) is 1. The third-order valence-electron chi connectivity index (χ3n) is 4.42. The van der Waals surface area contributed by atoms with Gasteiger partial charge in [0.2, 0.25) is 15.8 Å². The van der Waals surface area contributed by atoms with Gasteiger partial charge in [0.15, 0.2) is 11.5 Å². The number of benzene rings is 2. The zero-order valence-electron chi connectivity index (χ0n) is 18.2. The number of carbonyl (C=O) groups is 1. The van der Waals surface area contributed by atoms with Crippen molar-refractivity contribution in [3.63, 3.8) is 0 Å². The molecular formula is C21H27N3O6S. The van der Waals surface area contributed by atoms with E-state index >= 15 is 0 Å². The maximum Gasteiger partial charge on any atom is 0.260 e. The number of amides is 1. The van der Waals surface area contributed by atoms with Crippen molar-refractivity contribution in [1.29, 1.82) is 0 Å². The molecule has 2 aromatic carbocycles. The van der Waals surface area contributed by atoms with E-state index in [1.165, 1.54) is 27.5 Å². The number of rotatable bonds is 10. The van der Waals surface area contributed by atoms with Crippen molar-refractivity contribution in [1.82, 2.24) is 5.43 Å². The van der Waals surface area contributed by atoms with Gasteiger partial charge in [0.25, 0.3) is 5.91 Å². The number of nitrogens with zero attached hydrogens (tertiary/aromatic N) is 2. The summed E-state index contributed by atoms with van der Waals surface area (Å²) in [6, 6.07) is 10.4.